The molecular formula is C19H24N2O3S. The number of amides is 2. The third-order valence-electron chi connectivity index (χ3n) is 4.62. The summed E-state index contributed by atoms with van der Waals surface area (Å²) in [7, 11) is 3.22. The predicted molar refractivity (Wildman–Crippen MR) is 99.6 cm³/mol. The second-order valence-corrected chi connectivity index (χ2v) is 7.10. The van der Waals surface area contributed by atoms with E-state index in [1.165, 1.54) is 4.88 Å². The van der Waals surface area contributed by atoms with Crippen molar-refractivity contribution in [2.24, 2.45) is 0 Å². The van der Waals surface area contributed by atoms with Gasteiger partial charge >= 0.3 is 6.03 Å². The van der Waals surface area contributed by atoms with Crippen LogP contribution < -0.4 is 14.8 Å². The molecule has 1 saturated heterocycles. The molecule has 134 valence electrons. The van der Waals surface area contributed by atoms with Gasteiger partial charge < -0.3 is 19.7 Å². The number of carbonyl (C=O) groups excluding carboxylic acids is 1. The zero-order chi connectivity index (χ0) is 17.6. The first kappa shape index (κ1) is 17.6. The van der Waals surface area contributed by atoms with E-state index in [1.54, 1.807) is 14.2 Å². The Morgan fingerprint density at radius 1 is 1.20 bits per heavy atom. The highest BCUT2D eigenvalue weighted by atomic mass is 32.1. The third-order valence-corrected chi connectivity index (χ3v) is 5.65. The van der Waals surface area contributed by atoms with Crippen molar-refractivity contribution in [1.29, 1.82) is 0 Å². The standard InChI is InChI=1S/C19H24N2O3S/c1-23-16-6-5-14(12-17(16)24-2)13-20-19(22)21-9-7-15(8-10-21)18-4-3-11-25-18/h3-6,11-12,15H,7-10,13H2,1-2H3,(H,20,22). The smallest absolute Gasteiger partial charge is 0.317 e. The number of benzene rings is 1. The number of carbonyl (C=O) groups is 1. The zero-order valence-electron chi connectivity index (χ0n) is 14.7. The summed E-state index contributed by atoms with van der Waals surface area (Å²) in [5.74, 6) is 1.95. The summed E-state index contributed by atoms with van der Waals surface area (Å²) in [5, 5.41) is 5.12. The lowest BCUT2D eigenvalue weighted by atomic mass is 9.95. The Bertz CT molecular complexity index is 695. The fraction of sp³-hybridized carbons (Fsp3) is 0.421. The van der Waals surface area contributed by atoms with Crippen LogP contribution in [0, 0.1) is 0 Å². The van der Waals surface area contributed by atoms with Crippen molar-refractivity contribution in [2.75, 3.05) is 27.3 Å². The molecule has 2 aromatic rings. The van der Waals surface area contributed by atoms with E-state index >= 15 is 0 Å². The van der Waals surface area contributed by atoms with E-state index in [0.29, 0.717) is 24.0 Å². The molecule has 0 aliphatic carbocycles. The van der Waals surface area contributed by atoms with Crippen molar-refractivity contribution in [2.45, 2.75) is 25.3 Å². The van der Waals surface area contributed by atoms with Crippen LogP contribution in [0.3, 0.4) is 0 Å². The van der Waals surface area contributed by atoms with Gasteiger partial charge in [-0.3, -0.25) is 0 Å². The number of hydrogen-bond donors (Lipinski definition) is 1. The Kier molecular flexibility index (Phi) is 5.81. The molecule has 1 fully saturated rings. The summed E-state index contributed by atoms with van der Waals surface area (Å²) in [6.07, 6.45) is 2.06. The average molecular weight is 360 g/mol. The second-order valence-electron chi connectivity index (χ2n) is 6.12. The van der Waals surface area contributed by atoms with Gasteiger partial charge in [-0.25, -0.2) is 4.79 Å². The first-order chi connectivity index (χ1) is 12.2. The van der Waals surface area contributed by atoms with Crippen LogP contribution >= 0.6 is 11.3 Å². The first-order valence-corrected chi connectivity index (χ1v) is 9.36. The number of ether oxygens (including phenoxy) is 2. The van der Waals surface area contributed by atoms with Crippen molar-refractivity contribution >= 4 is 17.4 Å². The number of nitrogens with one attached hydrogen (secondary N) is 1. The number of hydrogen-bond acceptors (Lipinski definition) is 4. The fourth-order valence-corrected chi connectivity index (χ4v) is 4.07. The Morgan fingerprint density at radius 2 is 1.96 bits per heavy atom. The summed E-state index contributed by atoms with van der Waals surface area (Å²) < 4.78 is 10.5. The molecule has 1 N–H and O–H groups in total. The Labute approximate surface area is 152 Å². The molecule has 5 nitrogen and oxygen atoms in total. The largest absolute Gasteiger partial charge is 0.493 e. The Balaban J connectivity index is 1.50. The highest BCUT2D eigenvalue weighted by molar-refractivity contribution is 7.10. The lowest BCUT2D eigenvalue weighted by Gasteiger charge is -2.31. The zero-order valence-corrected chi connectivity index (χ0v) is 15.5. The number of rotatable bonds is 5. The van der Waals surface area contributed by atoms with Crippen molar-refractivity contribution in [1.82, 2.24) is 10.2 Å². The molecule has 1 aromatic carbocycles. The molecule has 1 aromatic heterocycles. The fourth-order valence-electron chi connectivity index (χ4n) is 3.17. The minimum atomic E-state index is -0.000542. The van der Waals surface area contributed by atoms with E-state index < -0.39 is 0 Å². The molecule has 0 unspecified atom stereocenters. The van der Waals surface area contributed by atoms with Crippen molar-refractivity contribution < 1.29 is 14.3 Å². The summed E-state index contributed by atoms with van der Waals surface area (Å²) in [5.41, 5.74) is 0.986. The van der Waals surface area contributed by atoms with Crippen LogP contribution in [0.25, 0.3) is 0 Å². The molecule has 0 saturated carbocycles. The summed E-state index contributed by atoms with van der Waals surface area (Å²) in [4.78, 5) is 15.7. The molecule has 25 heavy (non-hydrogen) atoms. The SMILES string of the molecule is COc1ccc(CNC(=O)N2CCC(c3cccs3)CC2)cc1OC. The first-order valence-electron chi connectivity index (χ1n) is 8.48. The van der Waals surface area contributed by atoms with Crippen LogP contribution in [0.2, 0.25) is 0 Å². The van der Waals surface area contributed by atoms with Crippen LogP contribution in [-0.4, -0.2) is 38.2 Å². The molecule has 0 radical (unpaired) electrons. The lowest BCUT2D eigenvalue weighted by Crippen LogP contribution is -2.43. The summed E-state index contributed by atoms with van der Waals surface area (Å²) in [6.45, 7) is 2.09. The van der Waals surface area contributed by atoms with Gasteiger partial charge in [-0.1, -0.05) is 12.1 Å². The molecule has 0 bridgehead atoms. The monoisotopic (exact) mass is 360 g/mol. The Hall–Kier alpha value is -2.21. The van der Waals surface area contributed by atoms with Crippen LogP contribution in [0.5, 0.6) is 11.5 Å². The van der Waals surface area contributed by atoms with E-state index in [2.05, 4.69) is 22.8 Å². The number of nitrogens with zero attached hydrogens (tertiary/aromatic N) is 1. The van der Waals surface area contributed by atoms with Gasteiger partial charge in [0.1, 0.15) is 0 Å². The number of likely N-dealkylation sites (tertiary alicyclic amines) is 1. The van der Waals surface area contributed by atoms with E-state index in [9.17, 15) is 4.79 Å². The normalized spacial score (nSPS) is 15.0. The van der Waals surface area contributed by atoms with Crippen LogP contribution in [0.4, 0.5) is 4.79 Å². The molecule has 6 heteroatoms. The summed E-state index contributed by atoms with van der Waals surface area (Å²) in [6, 6.07) is 9.98. The van der Waals surface area contributed by atoms with Gasteiger partial charge in [-0.15, -0.1) is 11.3 Å². The predicted octanol–water partition coefficient (Wildman–Crippen LogP) is 3.85. The van der Waals surface area contributed by atoms with Crippen LogP contribution in [-0.2, 0) is 6.54 Å². The third kappa shape index (κ3) is 4.25. The molecule has 0 spiro atoms. The maximum Gasteiger partial charge on any atom is 0.317 e. The van der Waals surface area contributed by atoms with Crippen molar-refractivity contribution in [3.05, 3.63) is 46.2 Å². The summed E-state index contributed by atoms with van der Waals surface area (Å²) >= 11 is 1.81. The van der Waals surface area contributed by atoms with Gasteiger partial charge in [0.25, 0.3) is 0 Å². The van der Waals surface area contributed by atoms with Gasteiger partial charge in [0.2, 0.25) is 0 Å². The van der Waals surface area contributed by atoms with E-state index in [-0.39, 0.29) is 6.03 Å². The van der Waals surface area contributed by atoms with Gasteiger partial charge in [0.15, 0.2) is 11.5 Å². The van der Waals surface area contributed by atoms with Crippen molar-refractivity contribution in [3.63, 3.8) is 0 Å². The van der Waals surface area contributed by atoms with Gasteiger partial charge in [-0.05, 0) is 47.9 Å². The van der Waals surface area contributed by atoms with Gasteiger partial charge in [0, 0.05) is 24.5 Å². The maximum atomic E-state index is 12.4. The number of methoxy groups -OCH3 is 2. The number of piperidine rings is 1. The lowest BCUT2D eigenvalue weighted by molar-refractivity contribution is 0.181. The second kappa shape index (κ2) is 8.25. The minimum absolute atomic E-state index is 0.000542. The van der Waals surface area contributed by atoms with E-state index in [4.69, 9.17) is 9.47 Å². The quantitative estimate of drug-likeness (QED) is 0.881. The molecule has 1 aliphatic heterocycles. The molecule has 2 heterocycles. The Morgan fingerprint density at radius 3 is 2.60 bits per heavy atom. The van der Waals surface area contributed by atoms with Crippen LogP contribution in [0.15, 0.2) is 35.7 Å². The molecule has 3 rings (SSSR count). The minimum Gasteiger partial charge on any atom is -0.493 e. The topological polar surface area (TPSA) is 50.8 Å². The van der Waals surface area contributed by atoms with Crippen LogP contribution in [0.1, 0.15) is 29.2 Å². The van der Waals surface area contributed by atoms with E-state index in [1.807, 2.05) is 34.4 Å². The number of urea groups is 1. The van der Waals surface area contributed by atoms with Gasteiger partial charge in [-0.2, -0.15) is 0 Å². The molecule has 1 aliphatic rings. The highest BCUT2D eigenvalue weighted by Crippen LogP contribution is 2.31. The maximum absolute atomic E-state index is 12.4. The molecule has 0 atom stereocenters. The van der Waals surface area contributed by atoms with E-state index in [0.717, 1.165) is 31.5 Å². The molecular weight excluding hydrogens is 336 g/mol. The van der Waals surface area contributed by atoms with Gasteiger partial charge in [0.05, 0.1) is 14.2 Å². The average Bonchev–Trinajstić information content (AvgIpc) is 3.20. The van der Waals surface area contributed by atoms with Crippen molar-refractivity contribution in [3.8, 4) is 11.5 Å². The molecule has 2 amide bonds. The number of thiophene rings is 1. The highest BCUT2D eigenvalue weighted by Gasteiger charge is 2.24.